The molecular formula is C6H9N. The summed E-state index contributed by atoms with van der Waals surface area (Å²) in [5, 5.41) is 8.16. The number of nitriles is 1. The molecule has 1 nitrogen and oxygen atoms in total. The highest BCUT2D eigenvalue weighted by Crippen LogP contribution is 1.91. The zero-order valence-electron chi connectivity index (χ0n) is 4.68. The van der Waals surface area contributed by atoms with Crippen molar-refractivity contribution in [2.24, 2.45) is 5.92 Å². The Labute approximate surface area is 44.3 Å². The van der Waals surface area contributed by atoms with Crippen molar-refractivity contribution < 1.29 is 0 Å². The summed E-state index contributed by atoms with van der Waals surface area (Å²) in [5.74, 6) is 0.0741. The van der Waals surface area contributed by atoms with Crippen LogP contribution in [0.3, 0.4) is 0 Å². The van der Waals surface area contributed by atoms with Gasteiger partial charge >= 0.3 is 0 Å². The molecule has 7 heavy (non-hydrogen) atoms. The van der Waals surface area contributed by atoms with Crippen LogP contribution in [0.4, 0.5) is 0 Å². The Morgan fingerprint density at radius 1 is 1.71 bits per heavy atom. The van der Waals surface area contributed by atoms with Crippen molar-refractivity contribution in [3.8, 4) is 6.07 Å². The molecule has 0 aliphatic carbocycles. The van der Waals surface area contributed by atoms with Crippen LogP contribution >= 0.6 is 0 Å². The predicted octanol–water partition coefficient (Wildman–Crippen LogP) is 1.72. The summed E-state index contributed by atoms with van der Waals surface area (Å²) in [6.45, 7) is 3.77. The molecule has 0 saturated heterocycles. The molecule has 0 heterocycles. The Morgan fingerprint density at radius 3 is 2.43 bits per heavy atom. The first-order valence-corrected chi connectivity index (χ1v) is 2.33. The Kier molecular flexibility index (Phi) is 3.04. The van der Waals surface area contributed by atoms with Gasteiger partial charge in [0.05, 0.1) is 12.0 Å². The van der Waals surface area contributed by atoms with Crippen LogP contribution in [-0.4, -0.2) is 0 Å². The molecule has 0 aromatic heterocycles. The zero-order chi connectivity index (χ0) is 5.70. The van der Waals surface area contributed by atoms with Gasteiger partial charge in [0, 0.05) is 0 Å². The summed E-state index contributed by atoms with van der Waals surface area (Å²) in [7, 11) is 0. The van der Waals surface area contributed by atoms with Crippen molar-refractivity contribution >= 4 is 0 Å². The second-order valence-electron chi connectivity index (χ2n) is 1.44. The van der Waals surface area contributed by atoms with E-state index in [4.69, 9.17) is 5.26 Å². The largest absolute Gasteiger partial charge is 0.198 e. The van der Waals surface area contributed by atoms with Crippen LogP contribution < -0.4 is 0 Å². The molecule has 1 unspecified atom stereocenters. The van der Waals surface area contributed by atoms with Gasteiger partial charge in [-0.2, -0.15) is 5.26 Å². The van der Waals surface area contributed by atoms with Gasteiger partial charge in [-0.25, -0.2) is 0 Å². The van der Waals surface area contributed by atoms with Gasteiger partial charge in [0.1, 0.15) is 0 Å². The van der Waals surface area contributed by atoms with E-state index in [1.54, 1.807) is 0 Å². The average molecular weight is 95.1 g/mol. The molecule has 0 rings (SSSR count). The Bertz CT molecular complexity index is 97.2. The number of allylic oxidation sites excluding steroid dienone is 2. The highest BCUT2D eigenvalue weighted by molar-refractivity contribution is 4.95. The van der Waals surface area contributed by atoms with Crippen molar-refractivity contribution in [1.82, 2.24) is 0 Å². The smallest absolute Gasteiger partial charge is 0.0694 e. The summed E-state index contributed by atoms with van der Waals surface area (Å²) in [4.78, 5) is 0. The Balaban J connectivity index is 3.42. The van der Waals surface area contributed by atoms with E-state index >= 15 is 0 Å². The Morgan fingerprint density at radius 2 is 2.29 bits per heavy atom. The zero-order valence-corrected chi connectivity index (χ0v) is 4.68. The molecule has 0 N–H and O–H groups in total. The van der Waals surface area contributed by atoms with Crippen LogP contribution in [-0.2, 0) is 0 Å². The molecule has 0 aliphatic heterocycles. The predicted molar refractivity (Wildman–Crippen MR) is 29.6 cm³/mol. The average Bonchev–Trinajstić information content (AvgIpc) is 1.68. The van der Waals surface area contributed by atoms with Crippen LogP contribution in [0.25, 0.3) is 0 Å². The lowest BCUT2D eigenvalue weighted by atomic mass is 10.2. The van der Waals surface area contributed by atoms with Gasteiger partial charge in [-0.3, -0.25) is 0 Å². The van der Waals surface area contributed by atoms with E-state index in [2.05, 4.69) is 6.07 Å². The van der Waals surface area contributed by atoms with E-state index in [1.807, 2.05) is 26.0 Å². The first-order chi connectivity index (χ1) is 3.31. The third-order valence-corrected chi connectivity index (χ3v) is 0.685. The van der Waals surface area contributed by atoms with Crippen molar-refractivity contribution in [3.05, 3.63) is 12.2 Å². The number of rotatable bonds is 1. The summed E-state index contributed by atoms with van der Waals surface area (Å²) >= 11 is 0. The molecule has 0 amide bonds. The molecule has 0 bridgehead atoms. The maximum Gasteiger partial charge on any atom is 0.0694 e. The fourth-order valence-corrected chi connectivity index (χ4v) is 0.332. The minimum Gasteiger partial charge on any atom is -0.198 e. The van der Waals surface area contributed by atoms with Crippen molar-refractivity contribution in [2.45, 2.75) is 13.8 Å². The number of hydrogen-bond acceptors (Lipinski definition) is 1. The van der Waals surface area contributed by atoms with Crippen molar-refractivity contribution in [1.29, 1.82) is 5.26 Å². The lowest BCUT2D eigenvalue weighted by Gasteiger charge is -1.83. The van der Waals surface area contributed by atoms with Gasteiger partial charge in [-0.15, -0.1) is 0 Å². The molecule has 0 spiro atoms. The maximum atomic E-state index is 8.16. The van der Waals surface area contributed by atoms with Gasteiger partial charge in [-0.1, -0.05) is 12.2 Å². The second-order valence-corrected chi connectivity index (χ2v) is 1.44. The third kappa shape index (κ3) is 3.05. The summed E-state index contributed by atoms with van der Waals surface area (Å²) in [5.41, 5.74) is 0. The molecule has 0 radical (unpaired) electrons. The lowest BCUT2D eigenvalue weighted by Crippen LogP contribution is -1.78. The minimum absolute atomic E-state index is 0.0741. The second kappa shape index (κ2) is 3.42. The summed E-state index contributed by atoms with van der Waals surface area (Å²) < 4.78 is 0. The van der Waals surface area contributed by atoms with Gasteiger partial charge in [0.2, 0.25) is 0 Å². The molecule has 1 atom stereocenters. The molecule has 0 aliphatic rings. The summed E-state index contributed by atoms with van der Waals surface area (Å²) in [6, 6.07) is 2.08. The van der Waals surface area contributed by atoms with Crippen LogP contribution in [0.2, 0.25) is 0 Å². The van der Waals surface area contributed by atoms with E-state index < -0.39 is 0 Å². The SMILES string of the molecule is C/C=C/C(C)C#N. The van der Waals surface area contributed by atoms with Gasteiger partial charge in [0.25, 0.3) is 0 Å². The number of nitrogens with zero attached hydrogens (tertiary/aromatic N) is 1. The van der Waals surface area contributed by atoms with Crippen LogP contribution in [0.15, 0.2) is 12.2 Å². The van der Waals surface area contributed by atoms with Gasteiger partial charge < -0.3 is 0 Å². The van der Waals surface area contributed by atoms with Crippen LogP contribution in [0.1, 0.15) is 13.8 Å². The van der Waals surface area contributed by atoms with E-state index in [0.29, 0.717) is 0 Å². The maximum absolute atomic E-state index is 8.16. The van der Waals surface area contributed by atoms with Gasteiger partial charge in [0.15, 0.2) is 0 Å². The quantitative estimate of drug-likeness (QED) is 0.455. The fraction of sp³-hybridized carbons (Fsp3) is 0.500. The lowest BCUT2D eigenvalue weighted by molar-refractivity contribution is 0.954. The van der Waals surface area contributed by atoms with E-state index in [9.17, 15) is 0 Å². The first kappa shape index (κ1) is 6.23. The molecule has 0 saturated carbocycles. The highest BCUT2D eigenvalue weighted by atomic mass is 14.2. The third-order valence-electron chi connectivity index (χ3n) is 0.685. The van der Waals surface area contributed by atoms with E-state index in [-0.39, 0.29) is 5.92 Å². The molecule has 0 aromatic carbocycles. The summed E-state index contributed by atoms with van der Waals surface area (Å²) in [6.07, 6.45) is 3.74. The molecule has 0 aromatic rings. The van der Waals surface area contributed by atoms with Crippen LogP contribution in [0.5, 0.6) is 0 Å². The normalized spacial score (nSPS) is 13.9. The topological polar surface area (TPSA) is 23.8 Å². The number of hydrogen-bond donors (Lipinski definition) is 0. The van der Waals surface area contributed by atoms with Crippen LogP contribution in [0, 0.1) is 17.2 Å². The molecule has 0 fully saturated rings. The van der Waals surface area contributed by atoms with E-state index in [1.165, 1.54) is 0 Å². The molecule has 38 valence electrons. The van der Waals surface area contributed by atoms with Crippen molar-refractivity contribution in [2.75, 3.05) is 0 Å². The van der Waals surface area contributed by atoms with Gasteiger partial charge in [-0.05, 0) is 13.8 Å². The first-order valence-electron chi connectivity index (χ1n) is 2.33. The Hall–Kier alpha value is -0.770. The van der Waals surface area contributed by atoms with E-state index in [0.717, 1.165) is 0 Å². The molecule has 1 heteroatoms. The monoisotopic (exact) mass is 95.1 g/mol. The highest BCUT2D eigenvalue weighted by Gasteiger charge is 1.85. The minimum atomic E-state index is 0.0741. The molecular weight excluding hydrogens is 86.1 g/mol. The fourth-order valence-electron chi connectivity index (χ4n) is 0.332. The standard InChI is InChI=1S/C6H9N/c1-3-4-6(2)5-7/h3-4,6H,1-2H3/b4-3+. The van der Waals surface area contributed by atoms with Crippen molar-refractivity contribution in [3.63, 3.8) is 0 Å².